The Morgan fingerprint density at radius 3 is 2.50 bits per heavy atom. The van der Waals surface area contributed by atoms with Gasteiger partial charge in [-0.25, -0.2) is 0 Å². The molecule has 0 atom stereocenters. The smallest absolute Gasteiger partial charge is 0.240 e. The van der Waals surface area contributed by atoms with E-state index in [0.29, 0.717) is 23.9 Å². The Bertz CT molecular complexity index is 448. The van der Waals surface area contributed by atoms with Gasteiger partial charge in [-0.15, -0.1) is 0 Å². The number of benzene rings is 1. The average Bonchev–Trinajstić information content (AvgIpc) is 2.42. The number of halogens is 1. The second kappa shape index (κ2) is 8.55. The van der Waals surface area contributed by atoms with Crippen molar-refractivity contribution in [2.45, 2.75) is 13.3 Å². The SMILES string of the molecule is COCCCNC(=O)CN(C(C)=O)c1ccc(Cl)cc1. The predicted octanol–water partition coefficient (Wildman–Crippen LogP) is 1.85. The standard InChI is InChI=1S/C14H19ClN2O3/c1-11(18)17(13-6-4-12(15)5-7-13)10-14(19)16-8-3-9-20-2/h4-7H,3,8-10H2,1-2H3,(H,16,19). The number of rotatable bonds is 7. The molecular formula is C14H19ClN2O3. The first kappa shape index (κ1) is 16.5. The summed E-state index contributed by atoms with van der Waals surface area (Å²) < 4.78 is 4.90. The molecule has 0 fully saturated rings. The van der Waals surface area contributed by atoms with Gasteiger partial charge in [-0.05, 0) is 30.7 Å². The van der Waals surface area contributed by atoms with Crippen molar-refractivity contribution in [1.29, 1.82) is 0 Å². The number of nitrogens with one attached hydrogen (secondary N) is 1. The molecule has 0 aliphatic heterocycles. The van der Waals surface area contributed by atoms with Crippen LogP contribution in [0.25, 0.3) is 0 Å². The van der Waals surface area contributed by atoms with Gasteiger partial charge >= 0.3 is 0 Å². The zero-order chi connectivity index (χ0) is 15.0. The molecule has 0 saturated heterocycles. The van der Waals surface area contributed by atoms with Crippen LogP contribution in [0.2, 0.25) is 5.02 Å². The van der Waals surface area contributed by atoms with E-state index in [-0.39, 0.29) is 18.4 Å². The third-order valence-electron chi connectivity index (χ3n) is 2.67. The lowest BCUT2D eigenvalue weighted by Gasteiger charge is -2.20. The molecule has 0 saturated carbocycles. The lowest BCUT2D eigenvalue weighted by molar-refractivity contribution is -0.123. The highest BCUT2D eigenvalue weighted by Gasteiger charge is 2.15. The summed E-state index contributed by atoms with van der Waals surface area (Å²) >= 11 is 5.81. The molecule has 1 aromatic rings. The summed E-state index contributed by atoms with van der Waals surface area (Å²) in [5, 5.41) is 3.33. The minimum Gasteiger partial charge on any atom is -0.385 e. The molecule has 0 radical (unpaired) electrons. The molecule has 1 aromatic carbocycles. The molecule has 20 heavy (non-hydrogen) atoms. The van der Waals surface area contributed by atoms with Gasteiger partial charge in [0.1, 0.15) is 6.54 Å². The number of carbonyl (C=O) groups is 2. The van der Waals surface area contributed by atoms with E-state index in [1.165, 1.54) is 11.8 Å². The number of carbonyl (C=O) groups excluding carboxylic acids is 2. The molecule has 110 valence electrons. The highest BCUT2D eigenvalue weighted by molar-refractivity contribution is 6.30. The first-order valence-corrected chi connectivity index (χ1v) is 6.71. The fourth-order valence-electron chi connectivity index (χ4n) is 1.65. The van der Waals surface area contributed by atoms with E-state index in [4.69, 9.17) is 16.3 Å². The van der Waals surface area contributed by atoms with Gasteiger partial charge in [-0.1, -0.05) is 11.6 Å². The van der Waals surface area contributed by atoms with E-state index in [2.05, 4.69) is 5.32 Å². The van der Waals surface area contributed by atoms with E-state index >= 15 is 0 Å². The number of anilines is 1. The van der Waals surface area contributed by atoms with Crippen LogP contribution in [-0.2, 0) is 14.3 Å². The maximum absolute atomic E-state index is 11.8. The molecular weight excluding hydrogens is 280 g/mol. The van der Waals surface area contributed by atoms with Crippen LogP contribution < -0.4 is 10.2 Å². The Morgan fingerprint density at radius 1 is 1.30 bits per heavy atom. The first-order chi connectivity index (χ1) is 9.54. The molecule has 1 rings (SSSR count). The summed E-state index contributed by atoms with van der Waals surface area (Å²) in [6.45, 7) is 2.53. The maximum atomic E-state index is 11.8. The van der Waals surface area contributed by atoms with Crippen molar-refractivity contribution in [3.8, 4) is 0 Å². The van der Waals surface area contributed by atoms with Crippen LogP contribution in [-0.4, -0.2) is 38.6 Å². The Balaban J connectivity index is 2.57. The molecule has 0 unspecified atom stereocenters. The lowest BCUT2D eigenvalue weighted by Crippen LogP contribution is -2.40. The Morgan fingerprint density at radius 2 is 1.95 bits per heavy atom. The summed E-state index contributed by atoms with van der Waals surface area (Å²) in [6.07, 6.45) is 0.739. The van der Waals surface area contributed by atoms with Crippen molar-refractivity contribution in [2.75, 3.05) is 31.7 Å². The van der Waals surface area contributed by atoms with Gasteiger partial charge in [0.2, 0.25) is 11.8 Å². The van der Waals surface area contributed by atoms with E-state index in [1.54, 1.807) is 31.4 Å². The number of hydrogen-bond donors (Lipinski definition) is 1. The fraction of sp³-hybridized carbons (Fsp3) is 0.429. The van der Waals surface area contributed by atoms with E-state index in [1.807, 2.05) is 0 Å². The minimum absolute atomic E-state index is 0.00997. The molecule has 0 aromatic heterocycles. The van der Waals surface area contributed by atoms with Crippen molar-refractivity contribution < 1.29 is 14.3 Å². The van der Waals surface area contributed by atoms with Gasteiger partial charge in [0.05, 0.1) is 0 Å². The second-order valence-electron chi connectivity index (χ2n) is 4.28. The average molecular weight is 299 g/mol. The Hall–Kier alpha value is -1.59. The van der Waals surface area contributed by atoms with Gasteiger partial charge in [0.15, 0.2) is 0 Å². The fourth-order valence-corrected chi connectivity index (χ4v) is 1.78. The summed E-state index contributed by atoms with van der Waals surface area (Å²) in [7, 11) is 1.61. The van der Waals surface area contributed by atoms with E-state index in [0.717, 1.165) is 6.42 Å². The van der Waals surface area contributed by atoms with Crippen molar-refractivity contribution in [1.82, 2.24) is 5.32 Å². The number of nitrogens with zero attached hydrogens (tertiary/aromatic N) is 1. The van der Waals surface area contributed by atoms with Crippen molar-refractivity contribution in [2.24, 2.45) is 0 Å². The van der Waals surface area contributed by atoms with E-state index < -0.39 is 0 Å². The van der Waals surface area contributed by atoms with Crippen LogP contribution in [0.3, 0.4) is 0 Å². The van der Waals surface area contributed by atoms with Gasteiger partial charge in [-0.3, -0.25) is 9.59 Å². The van der Waals surface area contributed by atoms with Crippen LogP contribution in [0, 0.1) is 0 Å². The van der Waals surface area contributed by atoms with Crippen LogP contribution in [0.15, 0.2) is 24.3 Å². The molecule has 0 spiro atoms. The van der Waals surface area contributed by atoms with Gasteiger partial charge < -0.3 is 15.0 Å². The minimum atomic E-state index is -0.203. The normalized spacial score (nSPS) is 10.2. The zero-order valence-electron chi connectivity index (χ0n) is 11.7. The topological polar surface area (TPSA) is 58.6 Å². The van der Waals surface area contributed by atoms with Gasteiger partial charge in [0, 0.05) is 37.9 Å². The monoisotopic (exact) mass is 298 g/mol. The summed E-state index contributed by atoms with van der Waals surface area (Å²) in [6, 6.07) is 6.79. The molecule has 6 heteroatoms. The molecule has 0 aliphatic rings. The molecule has 1 N–H and O–H groups in total. The lowest BCUT2D eigenvalue weighted by atomic mass is 10.2. The number of ether oxygens (including phenoxy) is 1. The summed E-state index contributed by atoms with van der Waals surface area (Å²) in [5.74, 6) is -0.398. The quantitative estimate of drug-likeness (QED) is 0.782. The Kier molecular flexibility index (Phi) is 7.04. The van der Waals surface area contributed by atoms with Crippen molar-refractivity contribution in [3.05, 3.63) is 29.3 Å². The first-order valence-electron chi connectivity index (χ1n) is 6.34. The maximum Gasteiger partial charge on any atom is 0.240 e. The third kappa shape index (κ3) is 5.59. The highest BCUT2D eigenvalue weighted by atomic mass is 35.5. The molecule has 0 aliphatic carbocycles. The van der Waals surface area contributed by atoms with Gasteiger partial charge in [0.25, 0.3) is 0 Å². The largest absolute Gasteiger partial charge is 0.385 e. The van der Waals surface area contributed by atoms with Crippen LogP contribution in [0.4, 0.5) is 5.69 Å². The number of methoxy groups -OCH3 is 1. The third-order valence-corrected chi connectivity index (χ3v) is 2.92. The van der Waals surface area contributed by atoms with Gasteiger partial charge in [-0.2, -0.15) is 0 Å². The van der Waals surface area contributed by atoms with Crippen LogP contribution in [0.1, 0.15) is 13.3 Å². The predicted molar refractivity (Wildman–Crippen MR) is 79.0 cm³/mol. The van der Waals surface area contributed by atoms with E-state index in [9.17, 15) is 9.59 Å². The zero-order valence-corrected chi connectivity index (χ0v) is 12.4. The number of hydrogen-bond acceptors (Lipinski definition) is 3. The molecule has 2 amide bonds. The Labute approximate surface area is 123 Å². The summed E-state index contributed by atoms with van der Waals surface area (Å²) in [4.78, 5) is 24.8. The van der Waals surface area contributed by atoms with Crippen LogP contribution in [0.5, 0.6) is 0 Å². The molecule has 0 heterocycles. The number of amides is 2. The van der Waals surface area contributed by atoms with Crippen molar-refractivity contribution in [3.63, 3.8) is 0 Å². The molecule has 5 nitrogen and oxygen atoms in total. The summed E-state index contributed by atoms with van der Waals surface area (Å²) in [5.41, 5.74) is 0.647. The second-order valence-corrected chi connectivity index (χ2v) is 4.71. The van der Waals surface area contributed by atoms with Crippen molar-refractivity contribution >= 4 is 29.1 Å². The highest BCUT2D eigenvalue weighted by Crippen LogP contribution is 2.17. The van der Waals surface area contributed by atoms with Crippen LogP contribution >= 0.6 is 11.6 Å². The molecule has 0 bridgehead atoms.